The van der Waals surface area contributed by atoms with Crippen LogP contribution in [0, 0.1) is 13.8 Å². The lowest BCUT2D eigenvalue weighted by Crippen LogP contribution is -2.01. The first kappa shape index (κ1) is 15.8. The first-order valence-corrected chi connectivity index (χ1v) is 7.27. The predicted molar refractivity (Wildman–Crippen MR) is 89.0 cm³/mol. The van der Waals surface area contributed by atoms with E-state index in [2.05, 4.69) is 0 Å². The molecule has 0 saturated carbocycles. The van der Waals surface area contributed by atoms with E-state index < -0.39 is 5.97 Å². The van der Waals surface area contributed by atoms with E-state index in [0.29, 0.717) is 12.2 Å². The number of ether oxygens (including phenoxy) is 1. The van der Waals surface area contributed by atoms with Crippen molar-refractivity contribution in [2.45, 2.75) is 20.8 Å². The Kier molecular flexibility index (Phi) is 4.99. The van der Waals surface area contributed by atoms with E-state index >= 15 is 0 Å². The molecule has 0 heterocycles. The number of rotatable bonds is 5. The Bertz CT molecular complexity index is 714. The summed E-state index contributed by atoms with van der Waals surface area (Å²) in [5, 5.41) is 9.54. The molecule has 2 aromatic rings. The highest BCUT2D eigenvalue weighted by Crippen LogP contribution is 2.26. The van der Waals surface area contributed by atoms with Gasteiger partial charge < -0.3 is 9.84 Å². The molecule has 0 aliphatic carbocycles. The van der Waals surface area contributed by atoms with Crippen LogP contribution in [0.1, 0.15) is 29.2 Å². The van der Waals surface area contributed by atoms with Crippen LogP contribution < -0.4 is 4.74 Å². The summed E-state index contributed by atoms with van der Waals surface area (Å²) in [6, 6.07) is 13.2. The highest BCUT2D eigenvalue weighted by molar-refractivity contribution is 6.20. The summed E-state index contributed by atoms with van der Waals surface area (Å²) < 4.78 is 5.50. The predicted octanol–water partition coefficient (Wildman–Crippen LogP) is 4.33. The summed E-state index contributed by atoms with van der Waals surface area (Å²) in [4.78, 5) is 11.6. The van der Waals surface area contributed by atoms with Crippen LogP contribution in [0.25, 0.3) is 11.6 Å². The second-order valence-corrected chi connectivity index (χ2v) is 5.13. The van der Waals surface area contributed by atoms with Gasteiger partial charge in [0, 0.05) is 0 Å². The standard InChI is InChI=1S/C19H20O3/c1-4-22-18-10-9-16(11-14(18)3)17(19(20)21)12-15-8-6-5-7-13(15)2/h5-12H,4H2,1-3H3,(H,20,21)/b17-12-. The van der Waals surface area contributed by atoms with Gasteiger partial charge in [-0.1, -0.05) is 30.3 Å². The van der Waals surface area contributed by atoms with Crippen molar-refractivity contribution in [3.05, 3.63) is 64.7 Å². The molecule has 22 heavy (non-hydrogen) atoms. The first-order valence-electron chi connectivity index (χ1n) is 7.27. The van der Waals surface area contributed by atoms with Crippen LogP contribution in [0.15, 0.2) is 42.5 Å². The van der Waals surface area contributed by atoms with Gasteiger partial charge in [0.05, 0.1) is 12.2 Å². The Morgan fingerprint density at radius 2 is 1.86 bits per heavy atom. The van der Waals surface area contributed by atoms with Crippen LogP contribution in [-0.2, 0) is 4.79 Å². The van der Waals surface area contributed by atoms with Crippen LogP contribution in [0.4, 0.5) is 0 Å². The van der Waals surface area contributed by atoms with E-state index in [9.17, 15) is 9.90 Å². The topological polar surface area (TPSA) is 46.5 Å². The zero-order chi connectivity index (χ0) is 16.1. The summed E-state index contributed by atoms with van der Waals surface area (Å²) in [7, 11) is 0. The molecule has 0 spiro atoms. The zero-order valence-corrected chi connectivity index (χ0v) is 13.1. The average molecular weight is 296 g/mol. The maximum Gasteiger partial charge on any atom is 0.336 e. The maximum atomic E-state index is 11.6. The quantitative estimate of drug-likeness (QED) is 0.660. The maximum absolute atomic E-state index is 11.6. The minimum atomic E-state index is -0.938. The highest BCUT2D eigenvalue weighted by atomic mass is 16.5. The van der Waals surface area contributed by atoms with E-state index in [1.807, 2.05) is 57.2 Å². The second kappa shape index (κ2) is 6.94. The van der Waals surface area contributed by atoms with E-state index in [4.69, 9.17) is 4.74 Å². The fraction of sp³-hybridized carbons (Fsp3) is 0.211. The van der Waals surface area contributed by atoms with Crippen molar-refractivity contribution in [2.75, 3.05) is 6.61 Å². The third kappa shape index (κ3) is 3.55. The van der Waals surface area contributed by atoms with Gasteiger partial charge in [-0.3, -0.25) is 0 Å². The van der Waals surface area contributed by atoms with Crippen molar-refractivity contribution >= 4 is 17.6 Å². The molecule has 0 aliphatic rings. The molecule has 0 aromatic heterocycles. The van der Waals surface area contributed by atoms with Crippen LogP contribution in [-0.4, -0.2) is 17.7 Å². The Hall–Kier alpha value is -2.55. The molecule has 0 saturated heterocycles. The monoisotopic (exact) mass is 296 g/mol. The molecular formula is C19H20O3. The summed E-state index contributed by atoms with van der Waals surface area (Å²) in [5.41, 5.74) is 3.84. The van der Waals surface area contributed by atoms with Crippen LogP contribution in [0.2, 0.25) is 0 Å². The van der Waals surface area contributed by atoms with E-state index in [0.717, 1.165) is 22.4 Å². The Morgan fingerprint density at radius 1 is 1.14 bits per heavy atom. The molecule has 0 amide bonds. The van der Waals surface area contributed by atoms with Crippen molar-refractivity contribution < 1.29 is 14.6 Å². The molecule has 2 rings (SSSR count). The fourth-order valence-corrected chi connectivity index (χ4v) is 2.31. The molecule has 0 radical (unpaired) electrons. The summed E-state index contributed by atoms with van der Waals surface area (Å²) in [5.74, 6) is -0.154. The number of carboxylic acids is 1. The van der Waals surface area contributed by atoms with Gasteiger partial charge in [-0.05, 0) is 61.2 Å². The van der Waals surface area contributed by atoms with Crippen LogP contribution in [0.3, 0.4) is 0 Å². The first-order chi connectivity index (χ1) is 10.5. The molecule has 3 nitrogen and oxygen atoms in total. The zero-order valence-electron chi connectivity index (χ0n) is 13.1. The van der Waals surface area contributed by atoms with Gasteiger partial charge in [0.1, 0.15) is 5.75 Å². The van der Waals surface area contributed by atoms with E-state index in [-0.39, 0.29) is 5.57 Å². The third-order valence-corrected chi connectivity index (χ3v) is 3.50. The fourth-order valence-electron chi connectivity index (χ4n) is 2.31. The molecular weight excluding hydrogens is 276 g/mol. The number of carbonyl (C=O) groups is 1. The molecule has 0 unspecified atom stereocenters. The Balaban J connectivity index is 2.47. The smallest absolute Gasteiger partial charge is 0.336 e. The van der Waals surface area contributed by atoms with Gasteiger partial charge in [-0.2, -0.15) is 0 Å². The van der Waals surface area contributed by atoms with Crippen molar-refractivity contribution in [1.29, 1.82) is 0 Å². The van der Waals surface area contributed by atoms with Crippen molar-refractivity contribution in [1.82, 2.24) is 0 Å². The lowest BCUT2D eigenvalue weighted by atomic mass is 9.99. The van der Waals surface area contributed by atoms with Gasteiger partial charge in [0.25, 0.3) is 0 Å². The number of hydrogen-bond donors (Lipinski definition) is 1. The molecule has 0 aliphatic heterocycles. The van der Waals surface area contributed by atoms with E-state index in [1.165, 1.54) is 0 Å². The Labute approximate surface area is 130 Å². The summed E-state index contributed by atoms with van der Waals surface area (Å²) >= 11 is 0. The number of aryl methyl sites for hydroxylation is 2. The normalized spacial score (nSPS) is 11.3. The number of aliphatic carboxylic acids is 1. The van der Waals surface area contributed by atoms with Crippen LogP contribution >= 0.6 is 0 Å². The largest absolute Gasteiger partial charge is 0.494 e. The van der Waals surface area contributed by atoms with Crippen molar-refractivity contribution in [3.8, 4) is 5.75 Å². The average Bonchev–Trinajstić information content (AvgIpc) is 2.48. The lowest BCUT2D eigenvalue weighted by molar-refractivity contribution is -0.130. The molecule has 1 N–H and O–H groups in total. The Morgan fingerprint density at radius 3 is 2.45 bits per heavy atom. The minimum Gasteiger partial charge on any atom is -0.494 e. The number of hydrogen-bond acceptors (Lipinski definition) is 2. The van der Waals surface area contributed by atoms with E-state index in [1.54, 1.807) is 12.1 Å². The lowest BCUT2D eigenvalue weighted by Gasteiger charge is -2.10. The van der Waals surface area contributed by atoms with Crippen molar-refractivity contribution in [3.63, 3.8) is 0 Å². The SMILES string of the molecule is CCOc1ccc(/C(=C/c2ccccc2C)C(=O)O)cc1C. The second-order valence-electron chi connectivity index (χ2n) is 5.13. The minimum absolute atomic E-state index is 0.278. The molecule has 0 atom stereocenters. The van der Waals surface area contributed by atoms with Gasteiger partial charge in [0.2, 0.25) is 0 Å². The van der Waals surface area contributed by atoms with Gasteiger partial charge in [-0.25, -0.2) is 4.79 Å². The molecule has 114 valence electrons. The molecule has 0 bridgehead atoms. The third-order valence-electron chi connectivity index (χ3n) is 3.50. The summed E-state index contributed by atoms with van der Waals surface area (Å²) in [6.07, 6.45) is 1.72. The van der Waals surface area contributed by atoms with Gasteiger partial charge >= 0.3 is 5.97 Å². The van der Waals surface area contributed by atoms with Crippen LogP contribution in [0.5, 0.6) is 5.75 Å². The molecule has 0 fully saturated rings. The molecule has 3 heteroatoms. The highest BCUT2D eigenvalue weighted by Gasteiger charge is 2.12. The number of benzene rings is 2. The number of carboxylic acid groups (broad SMARTS) is 1. The van der Waals surface area contributed by atoms with Crippen molar-refractivity contribution in [2.24, 2.45) is 0 Å². The molecule has 2 aromatic carbocycles. The van der Waals surface area contributed by atoms with Gasteiger partial charge in [-0.15, -0.1) is 0 Å². The van der Waals surface area contributed by atoms with Gasteiger partial charge in [0.15, 0.2) is 0 Å². The summed E-state index contributed by atoms with van der Waals surface area (Å²) in [6.45, 7) is 6.40.